The number of nitrogens with zero attached hydrogens (tertiary/aromatic N) is 1. The SMILES string of the molecule is CCN1CCC(NC(C)(CO)CO)CC1. The van der Waals surface area contributed by atoms with Crippen LogP contribution < -0.4 is 5.32 Å². The fourth-order valence-corrected chi connectivity index (χ4v) is 2.03. The Labute approximate surface area is 92.3 Å². The molecule has 0 spiro atoms. The molecule has 1 aliphatic rings. The van der Waals surface area contributed by atoms with E-state index in [4.69, 9.17) is 0 Å². The van der Waals surface area contributed by atoms with Gasteiger partial charge in [0.15, 0.2) is 0 Å². The highest BCUT2D eigenvalue weighted by Crippen LogP contribution is 2.13. The molecule has 0 aromatic rings. The molecular weight excluding hydrogens is 192 g/mol. The first kappa shape index (κ1) is 12.9. The van der Waals surface area contributed by atoms with E-state index in [0.717, 1.165) is 32.5 Å². The highest BCUT2D eigenvalue weighted by Gasteiger charge is 2.27. The Bertz CT molecular complexity index is 175. The van der Waals surface area contributed by atoms with E-state index in [1.807, 2.05) is 6.92 Å². The van der Waals surface area contributed by atoms with Gasteiger partial charge in [-0.3, -0.25) is 0 Å². The van der Waals surface area contributed by atoms with Crippen LogP contribution in [0, 0.1) is 0 Å². The van der Waals surface area contributed by atoms with Crippen LogP contribution in [-0.4, -0.2) is 59.5 Å². The van der Waals surface area contributed by atoms with Crippen molar-refractivity contribution in [2.24, 2.45) is 0 Å². The molecule has 0 bridgehead atoms. The lowest BCUT2D eigenvalue weighted by Gasteiger charge is -2.37. The summed E-state index contributed by atoms with van der Waals surface area (Å²) < 4.78 is 0. The monoisotopic (exact) mass is 216 g/mol. The Morgan fingerprint density at radius 2 is 1.80 bits per heavy atom. The molecule has 15 heavy (non-hydrogen) atoms. The van der Waals surface area contributed by atoms with Gasteiger partial charge in [-0.05, 0) is 39.4 Å². The number of likely N-dealkylation sites (tertiary alicyclic amines) is 1. The van der Waals surface area contributed by atoms with Crippen LogP contribution in [0.3, 0.4) is 0 Å². The molecule has 1 saturated heterocycles. The van der Waals surface area contributed by atoms with Crippen molar-refractivity contribution in [3.63, 3.8) is 0 Å². The lowest BCUT2D eigenvalue weighted by atomic mass is 9.98. The lowest BCUT2D eigenvalue weighted by Crippen LogP contribution is -2.56. The summed E-state index contributed by atoms with van der Waals surface area (Å²) in [4.78, 5) is 2.42. The average Bonchev–Trinajstić information content (AvgIpc) is 2.30. The Morgan fingerprint density at radius 1 is 1.27 bits per heavy atom. The fourth-order valence-electron chi connectivity index (χ4n) is 2.03. The van der Waals surface area contributed by atoms with E-state index in [-0.39, 0.29) is 13.2 Å². The number of hydrogen-bond donors (Lipinski definition) is 3. The van der Waals surface area contributed by atoms with E-state index >= 15 is 0 Å². The summed E-state index contributed by atoms with van der Waals surface area (Å²) >= 11 is 0. The van der Waals surface area contributed by atoms with E-state index in [1.54, 1.807) is 0 Å². The molecule has 1 heterocycles. The molecule has 0 aromatic heterocycles. The topological polar surface area (TPSA) is 55.7 Å². The molecule has 0 atom stereocenters. The minimum atomic E-state index is -0.529. The molecule has 90 valence electrons. The zero-order valence-corrected chi connectivity index (χ0v) is 9.87. The molecule has 1 fully saturated rings. The summed E-state index contributed by atoms with van der Waals surface area (Å²) in [5, 5.41) is 21.7. The van der Waals surface area contributed by atoms with Crippen LogP contribution in [0.2, 0.25) is 0 Å². The van der Waals surface area contributed by atoms with Crippen LogP contribution >= 0.6 is 0 Å². The normalized spacial score (nSPS) is 20.8. The fraction of sp³-hybridized carbons (Fsp3) is 1.00. The highest BCUT2D eigenvalue weighted by atomic mass is 16.3. The van der Waals surface area contributed by atoms with Gasteiger partial charge in [0.1, 0.15) is 0 Å². The summed E-state index contributed by atoms with van der Waals surface area (Å²) in [6.07, 6.45) is 2.20. The number of aliphatic hydroxyl groups is 2. The molecule has 0 amide bonds. The van der Waals surface area contributed by atoms with Gasteiger partial charge < -0.3 is 20.4 Å². The summed E-state index contributed by atoms with van der Waals surface area (Å²) in [5.41, 5.74) is -0.529. The minimum Gasteiger partial charge on any atom is -0.394 e. The number of nitrogens with one attached hydrogen (secondary N) is 1. The van der Waals surface area contributed by atoms with Crippen molar-refractivity contribution in [2.75, 3.05) is 32.8 Å². The van der Waals surface area contributed by atoms with E-state index in [1.165, 1.54) is 0 Å². The van der Waals surface area contributed by atoms with Gasteiger partial charge in [0, 0.05) is 6.04 Å². The largest absolute Gasteiger partial charge is 0.394 e. The Hall–Kier alpha value is -0.160. The molecule has 4 heteroatoms. The van der Waals surface area contributed by atoms with Crippen molar-refractivity contribution in [1.29, 1.82) is 0 Å². The maximum absolute atomic E-state index is 9.18. The molecule has 0 saturated carbocycles. The van der Waals surface area contributed by atoms with Gasteiger partial charge in [0.2, 0.25) is 0 Å². The second-order valence-corrected chi connectivity index (χ2v) is 4.73. The standard InChI is InChI=1S/C11H24N2O2/c1-3-13-6-4-10(5-7-13)12-11(2,8-14)9-15/h10,12,14-15H,3-9H2,1-2H3. The second kappa shape index (κ2) is 5.80. The predicted octanol–water partition coefficient (Wildman–Crippen LogP) is -0.196. The number of aliphatic hydroxyl groups excluding tert-OH is 2. The van der Waals surface area contributed by atoms with E-state index in [9.17, 15) is 10.2 Å². The van der Waals surface area contributed by atoms with Gasteiger partial charge in [0.05, 0.1) is 18.8 Å². The highest BCUT2D eigenvalue weighted by molar-refractivity contribution is 4.88. The summed E-state index contributed by atoms with van der Waals surface area (Å²) in [7, 11) is 0. The molecule has 1 rings (SSSR count). The van der Waals surface area contributed by atoms with E-state index < -0.39 is 5.54 Å². The summed E-state index contributed by atoms with van der Waals surface area (Å²) in [6, 6.07) is 0.428. The average molecular weight is 216 g/mol. The number of hydrogen-bond acceptors (Lipinski definition) is 4. The molecule has 0 aromatic carbocycles. The third-order valence-electron chi connectivity index (χ3n) is 3.29. The zero-order valence-electron chi connectivity index (χ0n) is 9.87. The van der Waals surface area contributed by atoms with Gasteiger partial charge in [-0.25, -0.2) is 0 Å². The Kier molecular flexibility index (Phi) is 4.99. The maximum Gasteiger partial charge on any atom is 0.0633 e. The van der Waals surface area contributed by atoms with Crippen LogP contribution in [-0.2, 0) is 0 Å². The first-order valence-electron chi connectivity index (χ1n) is 5.85. The summed E-state index contributed by atoms with van der Waals surface area (Å²) in [5.74, 6) is 0. The lowest BCUT2D eigenvalue weighted by molar-refractivity contribution is 0.0806. The molecule has 0 aliphatic carbocycles. The van der Waals surface area contributed by atoms with Crippen LogP contribution in [0.15, 0.2) is 0 Å². The summed E-state index contributed by atoms with van der Waals surface area (Å²) in [6.45, 7) is 7.35. The third kappa shape index (κ3) is 3.72. The van der Waals surface area contributed by atoms with E-state index in [2.05, 4.69) is 17.1 Å². The van der Waals surface area contributed by atoms with E-state index in [0.29, 0.717) is 6.04 Å². The van der Waals surface area contributed by atoms with Crippen LogP contribution in [0.5, 0.6) is 0 Å². The Morgan fingerprint density at radius 3 is 2.20 bits per heavy atom. The Balaban J connectivity index is 2.34. The zero-order chi connectivity index (χ0) is 11.3. The molecular formula is C11H24N2O2. The molecule has 1 aliphatic heterocycles. The van der Waals surface area contributed by atoms with Gasteiger partial charge in [-0.15, -0.1) is 0 Å². The number of rotatable bonds is 5. The van der Waals surface area contributed by atoms with Gasteiger partial charge in [-0.2, -0.15) is 0 Å². The van der Waals surface area contributed by atoms with Crippen molar-refractivity contribution in [3.8, 4) is 0 Å². The quantitative estimate of drug-likeness (QED) is 0.596. The maximum atomic E-state index is 9.18. The smallest absolute Gasteiger partial charge is 0.0633 e. The molecule has 0 unspecified atom stereocenters. The van der Waals surface area contributed by atoms with Gasteiger partial charge in [-0.1, -0.05) is 6.92 Å². The van der Waals surface area contributed by atoms with Crippen molar-refractivity contribution < 1.29 is 10.2 Å². The van der Waals surface area contributed by atoms with Gasteiger partial charge >= 0.3 is 0 Å². The number of piperidine rings is 1. The predicted molar refractivity (Wildman–Crippen MR) is 60.8 cm³/mol. The van der Waals surface area contributed by atoms with Crippen molar-refractivity contribution >= 4 is 0 Å². The minimum absolute atomic E-state index is 0.0164. The van der Waals surface area contributed by atoms with Crippen molar-refractivity contribution in [1.82, 2.24) is 10.2 Å². The van der Waals surface area contributed by atoms with Crippen molar-refractivity contribution in [3.05, 3.63) is 0 Å². The van der Waals surface area contributed by atoms with Crippen LogP contribution in [0.1, 0.15) is 26.7 Å². The first-order valence-corrected chi connectivity index (χ1v) is 5.85. The van der Waals surface area contributed by atoms with Crippen LogP contribution in [0.25, 0.3) is 0 Å². The molecule has 0 radical (unpaired) electrons. The second-order valence-electron chi connectivity index (χ2n) is 4.73. The molecule has 3 N–H and O–H groups in total. The third-order valence-corrected chi connectivity index (χ3v) is 3.29. The van der Waals surface area contributed by atoms with Gasteiger partial charge in [0.25, 0.3) is 0 Å². The first-order chi connectivity index (χ1) is 7.13. The molecule has 4 nitrogen and oxygen atoms in total. The van der Waals surface area contributed by atoms with Crippen molar-refractivity contribution in [2.45, 2.75) is 38.3 Å². The van der Waals surface area contributed by atoms with Crippen LogP contribution in [0.4, 0.5) is 0 Å².